The molecule has 0 bridgehead atoms. The van der Waals surface area contributed by atoms with E-state index in [-0.39, 0.29) is 6.04 Å². The summed E-state index contributed by atoms with van der Waals surface area (Å²) in [6.07, 6.45) is 0.797. The van der Waals surface area contributed by atoms with Crippen LogP contribution in [0, 0.1) is 6.92 Å². The highest BCUT2D eigenvalue weighted by molar-refractivity contribution is 7.89. The van der Waals surface area contributed by atoms with Crippen LogP contribution >= 0.6 is 0 Å². The third-order valence-corrected chi connectivity index (χ3v) is 5.81. The van der Waals surface area contributed by atoms with Gasteiger partial charge in [0.1, 0.15) is 0 Å². The van der Waals surface area contributed by atoms with Gasteiger partial charge in [0.05, 0.1) is 4.90 Å². The maximum Gasteiger partial charge on any atom is 0.243 e. The number of rotatable bonds is 7. The summed E-state index contributed by atoms with van der Waals surface area (Å²) in [6, 6.07) is 5.63. The average molecular weight is 298 g/mol. The Kier molecular flexibility index (Phi) is 6.17. The van der Waals surface area contributed by atoms with Gasteiger partial charge in [-0.3, -0.25) is 0 Å². The van der Waals surface area contributed by atoms with E-state index in [0.29, 0.717) is 11.4 Å². The summed E-state index contributed by atoms with van der Waals surface area (Å²) in [7, 11) is -1.77. The van der Waals surface area contributed by atoms with E-state index in [0.717, 1.165) is 24.1 Å². The molecule has 0 aliphatic rings. The van der Waals surface area contributed by atoms with Crippen molar-refractivity contribution in [3.8, 4) is 0 Å². The summed E-state index contributed by atoms with van der Waals surface area (Å²) in [6.45, 7) is 9.34. The molecule has 0 fully saturated rings. The highest BCUT2D eigenvalue weighted by Crippen LogP contribution is 2.22. The predicted molar refractivity (Wildman–Crippen MR) is 83.3 cm³/mol. The SMILES string of the molecule is CCNCc1ccc(C)c(S(=O)(=O)N(C)C(C)CC)c1. The highest BCUT2D eigenvalue weighted by atomic mass is 32.2. The third kappa shape index (κ3) is 3.81. The lowest BCUT2D eigenvalue weighted by Crippen LogP contribution is -2.35. The van der Waals surface area contributed by atoms with E-state index in [1.54, 1.807) is 13.1 Å². The van der Waals surface area contributed by atoms with Crippen molar-refractivity contribution < 1.29 is 8.42 Å². The Morgan fingerprint density at radius 2 is 1.95 bits per heavy atom. The fourth-order valence-corrected chi connectivity index (χ4v) is 3.66. The molecule has 0 aliphatic heterocycles. The molecule has 0 spiro atoms. The predicted octanol–water partition coefficient (Wildman–Crippen LogP) is 2.52. The van der Waals surface area contributed by atoms with E-state index in [2.05, 4.69) is 5.32 Å². The van der Waals surface area contributed by atoms with Crippen molar-refractivity contribution in [2.75, 3.05) is 13.6 Å². The number of sulfonamides is 1. The van der Waals surface area contributed by atoms with Gasteiger partial charge in [0.15, 0.2) is 0 Å². The van der Waals surface area contributed by atoms with Crippen molar-refractivity contribution >= 4 is 10.0 Å². The molecule has 5 heteroatoms. The standard InChI is InChI=1S/C15H26N2O2S/c1-6-13(4)17(5)20(18,19)15-10-14(11-16-7-2)9-8-12(15)3/h8-10,13,16H,6-7,11H2,1-5H3. The van der Waals surface area contributed by atoms with Crippen LogP contribution in [0.1, 0.15) is 38.3 Å². The lowest BCUT2D eigenvalue weighted by Gasteiger charge is -2.24. The molecule has 1 aromatic rings. The van der Waals surface area contributed by atoms with Gasteiger partial charge in [-0.05, 0) is 44.0 Å². The molecule has 1 unspecified atom stereocenters. The Bertz CT molecular complexity index is 541. The lowest BCUT2D eigenvalue weighted by molar-refractivity contribution is 0.380. The first-order valence-corrected chi connectivity index (χ1v) is 8.56. The van der Waals surface area contributed by atoms with E-state index in [1.807, 2.05) is 39.8 Å². The lowest BCUT2D eigenvalue weighted by atomic mass is 10.1. The first-order chi connectivity index (χ1) is 9.34. The fourth-order valence-electron chi connectivity index (χ4n) is 1.95. The molecule has 1 rings (SSSR count). The van der Waals surface area contributed by atoms with Crippen LogP contribution in [0.4, 0.5) is 0 Å². The number of hydrogen-bond donors (Lipinski definition) is 1. The van der Waals surface area contributed by atoms with E-state index >= 15 is 0 Å². The van der Waals surface area contributed by atoms with Gasteiger partial charge < -0.3 is 5.32 Å². The molecule has 0 saturated heterocycles. The molecule has 4 nitrogen and oxygen atoms in total. The fraction of sp³-hybridized carbons (Fsp3) is 0.600. The van der Waals surface area contributed by atoms with Gasteiger partial charge in [-0.1, -0.05) is 26.0 Å². The molecule has 0 aliphatic carbocycles. The second-order valence-corrected chi connectivity index (χ2v) is 7.12. The van der Waals surface area contributed by atoms with E-state index in [4.69, 9.17) is 0 Å². The van der Waals surface area contributed by atoms with Crippen molar-refractivity contribution in [3.63, 3.8) is 0 Å². The summed E-state index contributed by atoms with van der Waals surface area (Å²) in [5.41, 5.74) is 1.79. The minimum atomic E-state index is -3.42. The molecule has 0 aromatic heterocycles. The van der Waals surface area contributed by atoms with E-state index in [1.165, 1.54) is 4.31 Å². The maximum absolute atomic E-state index is 12.7. The van der Waals surface area contributed by atoms with Crippen LogP contribution < -0.4 is 5.32 Å². The van der Waals surface area contributed by atoms with Crippen molar-refractivity contribution in [1.29, 1.82) is 0 Å². The Hall–Kier alpha value is -0.910. The quantitative estimate of drug-likeness (QED) is 0.841. The molecule has 0 radical (unpaired) electrons. The van der Waals surface area contributed by atoms with Crippen molar-refractivity contribution in [2.45, 2.75) is 51.6 Å². The van der Waals surface area contributed by atoms with Crippen LogP contribution in [0.2, 0.25) is 0 Å². The summed E-state index contributed by atoms with van der Waals surface area (Å²) in [5.74, 6) is 0. The maximum atomic E-state index is 12.7. The van der Waals surface area contributed by atoms with Crippen LogP contribution in [0.25, 0.3) is 0 Å². The molecule has 114 valence electrons. The molecule has 0 saturated carbocycles. The Morgan fingerprint density at radius 3 is 2.50 bits per heavy atom. The molecule has 1 aromatic carbocycles. The van der Waals surface area contributed by atoms with Gasteiger partial charge in [0.2, 0.25) is 10.0 Å². The van der Waals surface area contributed by atoms with Gasteiger partial charge in [0.25, 0.3) is 0 Å². The zero-order chi connectivity index (χ0) is 15.3. The van der Waals surface area contributed by atoms with Crippen LogP contribution in [0.15, 0.2) is 23.1 Å². The minimum absolute atomic E-state index is 0.00294. The molecule has 0 heterocycles. The zero-order valence-electron chi connectivity index (χ0n) is 13.1. The first kappa shape index (κ1) is 17.1. The number of nitrogens with one attached hydrogen (secondary N) is 1. The van der Waals surface area contributed by atoms with Gasteiger partial charge in [-0.15, -0.1) is 0 Å². The Morgan fingerprint density at radius 1 is 1.30 bits per heavy atom. The van der Waals surface area contributed by atoms with Gasteiger partial charge in [-0.2, -0.15) is 4.31 Å². The van der Waals surface area contributed by atoms with Crippen molar-refractivity contribution in [2.24, 2.45) is 0 Å². The average Bonchev–Trinajstić information content (AvgIpc) is 2.44. The molecule has 1 N–H and O–H groups in total. The smallest absolute Gasteiger partial charge is 0.243 e. The summed E-state index contributed by atoms with van der Waals surface area (Å²) in [5, 5.41) is 3.22. The largest absolute Gasteiger partial charge is 0.313 e. The van der Waals surface area contributed by atoms with Crippen LogP contribution in [0.3, 0.4) is 0 Å². The summed E-state index contributed by atoms with van der Waals surface area (Å²) in [4.78, 5) is 0.413. The molecule has 1 atom stereocenters. The van der Waals surface area contributed by atoms with Gasteiger partial charge >= 0.3 is 0 Å². The Balaban J connectivity index is 3.16. The number of hydrogen-bond acceptors (Lipinski definition) is 3. The normalized spacial score (nSPS) is 13.7. The second-order valence-electron chi connectivity index (χ2n) is 5.16. The molecule has 0 amide bonds. The van der Waals surface area contributed by atoms with E-state index < -0.39 is 10.0 Å². The monoisotopic (exact) mass is 298 g/mol. The Labute approximate surface area is 123 Å². The number of aryl methyl sites for hydroxylation is 1. The van der Waals surface area contributed by atoms with E-state index in [9.17, 15) is 8.42 Å². The van der Waals surface area contributed by atoms with Gasteiger partial charge in [-0.25, -0.2) is 8.42 Å². The van der Waals surface area contributed by atoms with Crippen LogP contribution in [0.5, 0.6) is 0 Å². The van der Waals surface area contributed by atoms with Crippen LogP contribution in [-0.2, 0) is 16.6 Å². The first-order valence-electron chi connectivity index (χ1n) is 7.12. The number of nitrogens with zero attached hydrogens (tertiary/aromatic N) is 1. The van der Waals surface area contributed by atoms with Gasteiger partial charge in [0, 0.05) is 19.6 Å². The summed E-state index contributed by atoms with van der Waals surface area (Å²) < 4.78 is 26.8. The topological polar surface area (TPSA) is 49.4 Å². The number of benzene rings is 1. The molecular formula is C15H26N2O2S. The second kappa shape index (κ2) is 7.20. The van der Waals surface area contributed by atoms with Crippen molar-refractivity contribution in [1.82, 2.24) is 9.62 Å². The van der Waals surface area contributed by atoms with Crippen molar-refractivity contribution in [3.05, 3.63) is 29.3 Å². The molecular weight excluding hydrogens is 272 g/mol. The third-order valence-electron chi connectivity index (χ3n) is 3.70. The summed E-state index contributed by atoms with van der Waals surface area (Å²) >= 11 is 0. The highest BCUT2D eigenvalue weighted by Gasteiger charge is 2.26. The minimum Gasteiger partial charge on any atom is -0.313 e. The van der Waals surface area contributed by atoms with Crippen LogP contribution in [-0.4, -0.2) is 32.4 Å². The molecule has 20 heavy (non-hydrogen) atoms. The zero-order valence-corrected chi connectivity index (χ0v) is 13.9.